The van der Waals surface area contributed by atoms with E-state index in [1.54, 1.807) is 0 Å². The number of nitrogens with one attached hydrogen (secondary N) is 1. The second-order valence-corrected chi connectivity index (χ2v) is 9.21. The molecule has 2 fully saturated rings. The van der Waals surface area contributed by atoms with Gasteiger partial charge in [0.05, 0.1) is 11.7 Å². The number of carbonyl (C=O) groups is 1. The molecule has 1 unspecified atom stereocenters. The number of amides is 1. The number of hydrogen-bond acceptors (Lipinski definition) is 4. The van der Waals surface area contributed by atoms with Crippen LogP contribution in [0.3, 0.4) is 0 Å². The van der Waals surface area contributed by atoms with Crippen LogP contribution in [0, 0.1) is 11.3 Å². The summed E-state index contributed by atoms with van der Waals surface area (Å²) in [7, 11) is 0. The summed E-state index contributed by atoms with van der Waals surface area (Å²) >= 11 is 0. The van der Waals surface area contributed by atoms with Gasteiger partial charge in [-0.15, -0.1) is 0 Å². The second-order valence-electron chi connectivity index (χ2n) is 9.21. The Morgan fingerprint density at radius 1 is 1.15 bits per heavy atom. The van der Waals surface area contributed by atoms with E-state index in [0.717, 1.165) is 56.0 Å². The third-order valence-electron chi connectivity index (χ3n) is 6.35. The van der Waals surface area contributed by atoms with Crippen molar-refractivity contribution in [2.45, 2.75) is 77.7 Å². The van der Waals surface area contributed by atoms with Gasteiger partial charge in [-0.05, 0) is 43.9 Å². The first kappa shape index (κ1) is 17.7. The van der Waals surface area contributed by atoms with E-state index in [1.807, 2.05) is 6.20 Å². The summed E-state index contributed by atoms with van der Waals surface area (Å²) in [5.41, 5.74) is 2.41. The lowest BCUT2D eigenvalue weighted by molar-refractivity contribution is -0.127. The summed E-state index contributed by atoms with van der Waals surface area (Å²) < 4.78 is 0. The summed E-state index contributed by atoms with van der Waals surface area (Å²) in [4.78, 5) is 24.7. The monoisotopic (exact) mass is 356 g/mol. The van der Waals surface area contributed by atoms with Crippen molar-refractivity contribution in [1.82, 2.24) is 15.3 Å². The Balaban J connectivity index is 1.55. The quantitative estimate of drug-likeness (QED) is 0.895. The largest absolute Gasteiger partial charge is 0.349 e. The van der Waals surface area contributed by atoms with E-state index in [9.17, 15) is 4.79 Å². The fourth-order valence-corrected chi connectivity index (χ4v) is 4.89. The van der Waals surface area contributed by atoms with Gasteiger partial charge in [-0.3, -0.25) is 4.79 Å². The van der Waals surface area contributed by atoms with Crippen molar-refractivity contribution in [2.24, 2.45) is 11.3 Å². The molecule has 1 saturated heterocycles. The maximum atomic E-state index is 12.8. The molecule has 1 saturated carbocycles. The second kappa shape index (κ2) is 7.16. The highest BCUT2D eigenvalue weighted by atomic mass is 16.1. The van der Waals surface area contributed by atoms with Crippen LogP contribution in [0.15, 0.2) is 6.20 Å². The van der Waals surface area contributed by atoms with Gasteiger partial charge in [0, 0.05) is 30.8 Å². The zero-order chi connectivity index (χ0) is 18.1. The Hall–Kier alpha value is -1.65. The highest BCUT2D eigenvalue weighted by Crippen LogP contribution is 2.40. The Bertz CT molecular complexity index is 660. The average molecular weight is 357 g/mol. The maximum absolute atomic E-state index is 12.8. The highest BCUT2D eigenvalue weighted by Gasteiger charge is 2.36. The number of rotatable bonds is 3. The van der Waals surface area contributed by atoms with Gasteiger partial charge >= 0.3 is 0 Å². The topological polar surface area (TPSA) is 58.1 Å². The van der Waals surface area contributed by atoms with Crippen LogP contribution in [0.25, 0.3) is 0 Å². The normalized spacial score (nSPS) is 25.8. The fourth-order valence-electron chi connectivity index (χ4n) is 4.89. The molecule has 0 radical (unpaired) electrons. The molecule has 0 bridgehead atoms. The predicted molar refractivity (Wildman–Crippen MR) is 103 cm³/mol. The van der Waals surface area contributed by atoms with Crippen molar-refractivity contribution in [1.29, 1.82) is 0 Å². The Labute approximate surface area is 157 Å². The van der Waals surface area contributed by atoms with Crippen LogP contribution in [0.4, 0.5) is 5.95 Å². The molecule has 1 amide bonds. The van der Waals surface area contributed by atoms with Crippen LogP contribution >= 0.6 is 0 Å². The minimum atomic E-state index is 0.0517. The predicted octanol–water partition coefficient (Wildman–Crippen LogP) is 3.79. The molecule has 2 aliphatic carbocycles. The summed E-state index contributed by atoms with van der Waals surface area (Å²) in [5, 5.41) is 3.36. The molecule has 5 nitrogen and oxygen atoms in total. The molecule has 0 spiro atoms. The molecule has 0 aromatic carbocycles. The number of anilines is 1. The third-order valence-corrected chi connectivity index (χ3v) is 6.35. The summed E-state index contributed by atoms with van der Waals surface area (Å²) in [6.45, 7) is 6.69. The van der Waals surface area contributed by atoms with Crippen LogP contribution in [0.1, 0.15) is 82.5 Å². The van der Waals surface area contributed by atoms with Gasteiger partial charge in [0.15, 0.2) is 0 Å². The lowest BCUT2D eigenvalue weighted by atomic mass is 9.74. The minimum Gasteiger partial charge on any atom is -0.349 e. The van der Waals surface area contributed by atoms with E-state index in [2.05, 4.69) is 29.0 Å². The van der Waals surface area contributed by atoms with Crippen LogP contribution in [-0.4, -0.2) is 29.0 Å². The smallest absolute Gasteiger partial charge is 0.225 e. The molecule has 2 heterocycles. The molecule has 1 atom stereocenters. The SMILES string of the molecule is CC1(C)Cc2nc(N3CCCC3)ncc2C(NC(=O)C2CCCCC2)C1. The van der Waals surface area contributed by atoms with Crippen molar-refractivity contribution in [3.63, 3.8) is 0 Å². The summed E-state index contributed by atoms with van der Waals surface area (Å²) in [5.74, 6) is 1.31. The van der Waals surface area contributed by atoms with E-state index in [0.29, 0.717) is 0 Å². The van der Waals surface area contributed by atoms with E-state index < -0.39 is 0 Å². The van der Waals surface area contributed by atoms with Crippen molar-refractivity contribution in [3.8, 4) is 0 Å². The van der Waals surface area contributed by atoms with Gasteiger partial charge in [0.2, 0.25) is 11.9 Å². The fraction of sp³-hybridized carbons (Fsp3) is 0.762. The molecule has 1 aromatic heterocycles. The zero-order valence-corrected chi connectivity index (χ0v) is 16.3. The molecule has 1 N–H and O–H groups in total. The average Bonchev–Trinajstić information content (AvgIpc) is 3.15. The van der Waals surface area contributed by atoms with E-state index in [1.165, 1.54) is 32.1 Å². The molecular weight excluding hydrogens is 324 g/mol. The standard InChI is InChI=1S/C21H32N4O/c1-21(2)12-17(23-19(26)15-8-4-3-5-9-15)16-14-22-20(24-18(16)13-21)25-10-6-7-11-25/h14-15,17H,3-13H2,1-2H3,(H,23,26). The van der Waals surface area contributed by atoms with Gasteiger partial charge in [0.25, 0.3) is 0 Å². The van der Waals surface area contributed by atoms with Gasteiger partial charge < -0.3 is 10.2 Å². The molecule has 26 heavy (non-hydrogen) atoms. The van der Waals surface area contributed by atoms with Crippen LogP contribution < -0.4 is 10.2 Å². The van der Waals surface area contributed by atoms with Gasteiger partial charge in [-0.1, -0.05) is 33.1 Å². The molecule has 1 aliphatic heterocycles. The molecule has 5 heteroatoms. The lowest BCUT2D eigenvalue weighted by Gasteiger charge is -2.37. The maximum Gasteiger partial charge on any atom is 0.225 e. The van der Waals surface area contributed by atoms with Crippen LogP contribution in [-0.2, 0) is 11.2 Å². The first-order chi connectivity index (χ1) is 12.5. The van der Waals surface area contributed by atoms with Gasteiger partial charge in [0.1, 0.15) is 0 Å². The van der Waals surface area contributed by atoms with Crippen molar-refractivity contribution in [3.05, 3.63) is 17.5 Å². The number of carbonyl (C=O) groups excluding carboxylic acids is 1. The molecule has 142 valence electrons. The van der Waals surface area contributed by atoms with E-state index in [4.69, 9.17) is 4.98 Å². The number of hydrogen-bond donors (Lipinski definition) is 1. The number of aromatic nitrogens is 2. The zero-order valence-electron chi connectivity index (χ0n) is 16.3. The Kier molecular flexibility index (Phi) is 4.89. The first-order valence-corrected chi connectivity index (χ1v) is 10.4. The first-order valence-electron chi connectivity index (χ1n) is 10.4. The highest BCUT2D eigenvalue weighted by molar-refractivity contribution is 5.79. The van der Waals surface area contributed by atoms with E-state index in [-0.39, 0.29) is 23.3 Å². The van der Waals surface area contributed by atoms with Crippen LogP contribution in [0.5, 0.6) is 0 Å². The Morgan fingerprint density at radius 2 is 1.88 bits per heavy atom. The number of fused-ring (bicyclic) bond motifs is 1. The van der Waals surface area contributed by atoms with Gasteiger partial charge in [-0.25, -0.2) is 9.97 Å². The molecule has 3 aliphatic rings. The minimum absolute atomic E-state index is 0.0517. The summed E-state index contributed by atoms with van der Waals surface area (Å²) in [6, 6.07) is 0.0517. The molecular formula is C21H32N4O. The van der Waals surface area contributed by atoms with Gasteiger partial charge in [-0.2, -0.15) is 0 Å². The molecule has 1 aromatic rings. The lowest BCUT2D eigenvalue weighted by Crippen LogP contribution is -2.40. The van der Waals surface area contributed by atoms with Crippen molar-refractivity contribution >= 4 is 11.9 Å². The third kappa shape index (κ3) is 3.72. The van der Waals surface area contributed by atoms with Crippen molar-refractivity contribution in [2.75, 3.05) is 18.0 Å². The Morgan fingerprint density at radius 3 is 2.62 bits per heavy atom. The number of nitrogens with zero attached hydrogens (tertiary/aromatic N) is 3. The molecule has 4 rings (SSSR count). The van der Waals surface area contributed by atoms with Crippen molar-refractivity contribution < 1.29 is 4.79 Å². The van der Waals surface area contributed by atoms with Crippen LogP contribution in [0.2, 0.25) is 0 Å². The van der Waals surface area contributed by atoms with E-state index >= 15 is 0 Å². The summed E-state index contributed by atoms with van der Waals surface area (Å²) in [6.07, 6.45) is 12.1.